The minimum atomic E-state index is -4.82. The van der Waals surface area contributed by atoms with E-state index in [1.54, 1.807) is 42.5 Å². The lowest BCUT2D eigenvalue weighted by molar-refractivity contribution is -0.161. The van der Waals surface area contributed by atoms with Crippen molar-refractivity contribution < 1.29 is 62.8 Å². The molecule has 0 amide bonds. The fourth-order valence-electron chi connectivity index (χ4n) is 5.94. The molecule has 1 unspecified atom stereocenters. The molecule has 0 aliphatic heterocycles. The topological polar surface area (TPSA) is 232 Å². The molecule has 0 heterocycles. The second-order valence-corrected chi connectivity index (χ2v) is 16.8. The zero-order valence-electron chi connectivity index (χ0n) is 37.1. The summed E-state index contributed by atoms with van der Waals surface area (Å²) in [6, 6.07) is -1.58. The van der Waals surface area contributed by atoms with E-state index in [4.69, 9.17) is 24.8 Å². The number of unbranched alkanes of at least 4 members (excludes halogenated alkanes) is 16. The van der Waals surface area contributed by atoms with E-state index < -0.39 is 76.0 Å². The van der Waals surface area contributed by atoms with Crippen molar-refractivity contribution in [3.63, 3.8) is 0 Å². The van der Waals surface area contributed by atoms with Crippen LogP contribution in [0.2, 0.25) is 0 Å². The van der Waals surface area contributed by atoms with Crippen molar-refractivity contribution in [2.24, 2.45) is 5.73 Å². The number of aliphatic carboxylic acids is 1. The van der Waals surface area contributed by atoms with E-state index in [-0.39, 0.29) is 25.7 Å². The quantitative estimate of drug-likeness (QED) is 0.0111. The Morgan fingerprint density at radius 2 is 1.11 bits per heavy atom. The average Bonchev–Trinajstić information content (AvgIpc) is 3.22. The summed E-state index contributed by atoms with van der Waals surface area (Å²) < 4.78 is 32.5. The van der Waals surface area contributed by atoms with Crippen molar-refractivity contribution in [2.45, 2.75) is 192 Å². The van der Waals surface area contributed by atoms with Gasteiger partial charge in [-0.25, -0.2) is 4.57 Å². The van der Waals surface area contributed by atoms with Crippen molar-refractivity contribution in [1.29, 1.82) is 0 Å². The minimum Gasteiger partial charge on any atom is -0.480 e. The number of esters is 2. The van der Waals surface area contributed by atoms with E-state index in [1.165, 1.54) is 89.5 Å². The molecule has 0 bridgehead atoms. The van der Waals surface area contributed by atoms with Crippen molar-refractivity contribution in [2.75, 3.05) is 19.8 Å². The fourth-order valence-corrected chi connectivity index (χ4v) is 6.71. The molecule has 0 rings (SSSR count). The number of hydrogen-bond donors (Lipinski definition) is 6. The van der Waals surface area contributed by atoms with Gasteiger partial charge < -0.3 is 40.5 Å². The normalized spacial score (nSPS) is 15.8. The number of rotatable bonds is 41. The summed E-state index contributed by atoms with van der Waals surface area (Å²) in [5, 5.41) is 39.4. The van der Waals surface area contributed by atoms with E-state index in [2.05, 4.69) is 11.4 Å². The van der Waals surface area contributed by atoms with Crippen molar-refractivity contribution in [3.8, 4) is 0 Å². The van der Waals surface area contributed by atoms with Gasteiger partial charge in [0.05, 0.1) is 31.5 Å². The Balaban J connectivity index is 4.65. The van der Waals surface area contributed by atoms with Crippen LogP contribution in [-0.2, 0) is 37.5 Å². The molecule has 0 aromatic heterocycles. The third kappa shape index (κ3) is 38.5. The Kier molecular flexibility index (Phi) is 38.0. The van der Waals surface area contributed by atoms with Gasteiger partial charge in [0.15, 0.2) is 6.10 Å². The second kappa shape index (κ2) is 39.9. The van der Waals surface area contributed by atoms with Gasteiger partial charge in [-0.1, -0.05) is 177 Å². The first-order chi connectivity index (χ1) is 29.3. The molecule has 352 valence electrons. The van der Waals surface area contributed by atoms with Crippen molar-refractivity contribution >= 4 is 25.7 Å². The molecule has 0 spiro atoms. The summed E-state index contributed by atoms with van der Waals surface area (Å²) in [7, 11) is -4.82. The third-order valence-corrected chi connectivity index (χ3v) is 10.6. The van der Waals surface area contributed by atoms with Gasteiger partial charge in [0.25, 0.3) is 0 Å². The van der Waals surface area contributed by atoms with Gasteiger partial charge >= 0.3 is 25.7 Å². The Morgan fingerprint density at radius 1 is 0.623 bits per heavy atom. The zero-order chi connectivity index (χ0) is 45.4. The Bertz CT molecular complexity index is 1320. The molecule has 0 aromatic carbocycles. The number of carbonyl (C=O) groups excluding carboxylic acids is 2. The van der Waals surface area contributed by atoms with Crippen LogP contribution in [0.1, 0.15) is 162 Å². The summed E-state index contributed by atoms with van der Waals surface area (Å²) >= 11 is 0. The second-order valence-electron chi connectivity index (χ2n) is 15.4. The first-order valence-electron chi connectivity index (χ1n) is 22.6. The number of carboxylic acid groups (broad SMARTS) is 1. The van der Waals surface area contributed by atoms with Crippen LogP contribution in [0.15, 0.2) is 60.8 Å². The van der Waals surface area contributed by atoms with Crippen LogP contribution in [0.4, 0.5) is 0 Å². The largest absolute Gasteiger partial charge is 0.480 e. The molecule has 6 atom stereocenters. The number of carbonyl (C=O) groups is 3. The summed E-state index contributed by atoms with van der Waals surface area (Å²) in [5.74, 6) is -2.76. The van der Waals surface area contributed by atoms with Crippen LogP contribution < -0.4 is 5.73 Å². The molecule has 0 aliphatic carbocycles. The summed E-state index contributed by atoms with van der Waals surface area (Å²) in [5.41, 5.74) is 5.31. The van der Waals surface area contributed by atoms with Crippen LogP contribution in [-0.4, -0.2) is 93.5 Å². The standard InChI is InChI=1S/C46H80NO13P/c1-3-5-7-8-9-10-11-12-13-14-15-16-17-18-19-24-28-34-44(51)57-36-40(37-58-61(55,56)59-38-41(47)46(53)54)60-45(52)35-29-33-43(50)42(49)32-27-23-21-20-22-26-31-39(48)30-25-6-4-2/h6,20-23,25-27,31-32,39-43,48-50H,3-5,7-19,24,28-30,33-38,47H2,1-2H3,(H,53,54)(H,55,56)/b22-20+,23-21-,25-6-,31-26+,32-27-/t39-,40+,41-,42+,43+/m0/s1. The summed E-state index contributed by atoms with van der Waals surface area (Å²) in [4.78, 5) is 46.1. The van der Waals surface area contributed by atoms with Gasteiger partial charge in [-0.2, -0.15) is 0 Å². The lowest BCUT2D eigenvalue weighted by Gasteiger charge is -2.20. The molecule has 0 aromatic rings. The van der Waals surface area contributed by atoms with Gasteiger partial charge in [-0.05, 0) is 32.1 Å². The molecule has 0 saturated heterocycles. The number of phosphoric acid groups is 1. The van der Waals surface area contributed by atoms with Crippen LogP contribution >= 0.6 is 7.82 Å². The third-order valence-electron chi connectivity index (χ3n) is 9.62. The lowest BCUT2D eigenvalue weighted by atomic mass is 10.0. The van der Waals surface area contributed by atoms with Crippen LogP contribution in [0.3, 0.4) is 0 Å². The number of carboxylic acids is 1. The van der Waals surface area contributed by atoms with Crippen molar-refractivity contribution in [3.05, 3.63) is 60.8 Å². The number of phosphoric ester groups is 1. The average molecular weight is 886 g/mol. The fraction of sp³-hybridized carbons (Fsp3) is 0.717. The van der Waals surface area contributed by atoms with Crippen LogP contribution in [0.25, 0.3) is 0 Å². The molecule has 0 radical (unpaired) electrons. The van der Waals surface area contributed by atoms with Gasteiger partial charge in [-0.15, -0.1) is 0 Å². The van der Waals surface area contributed by atoms with Gasteiger partial charge in [-0.3, -0.25) is 23.4 Å². The van der Waals surface area contributed by atoms with Gasteiger partial charge in [0.2, 0.25) is 0 Å². The van der Waals surface area contributed by atoms with Crippen molar-refractivity contribution in [1.82, 2.24) is 0 Å². The maximum Gasteiger partial charge on any atom is 0.472 e. The van der Waals surface area contributed by atoms with Crippen LogP contribution in [0, 0.1) is 0 Å². The molecule has 61 heavy (non-hydrogen) atoms. The highest BCUT2D eigenvalue weighted by Gasteiger charge is 2.28. The Labute approximate surface area is 366 Å². The van der Waals surface area contributed by atoms with E-state index in [0.717, 1.165) is 25.7 Å². The molecule has 0 aliphatic rings. The molecule has 7 N–H and O–H groups in total. The van der Waals surface area contributed by atoms with E-state index in [9.17, 15) is 39.2 Å². The smallest absolute Gasteiger partial charge is 0.472 e. The van der Waals surface area contributed by atoms with E-state index in [1.807, 2.05) is 19.1 Å². The number of allylic oxidation sites excluding steroid dienone is 7. The summed E-state index contributed by atoms with van der Waals surface area (Å²) in [6.07, 6.45) is 35.2. The highest BCUT2D eigenvalue weighted by molar-refractivity contribution is 7.47. The first kappa shape index (κ1) is 58.1. The Hall–Kier alpha value is -2.94. The first-order valence-corrected chi connectivity index (χ1v) is 24.1. The molecule has 0 fully saturated rings. The highest BCUT2D eigenvalue weighted by Crippen LogP contribution is 2.43. The maximum absolute atomic E-state index is 12.7. The predicted molar refractivity (Wildman–Crippen MR) is 239 cm³/mol. The highest BCUT2D eigenvalue weighted by atomic mass is 31.2. The number of aliphatic hydroxyl groups excluding tert-OH is 3. The molecule has 14 nitrogen and oxygen atoms in total. The Morgan fingerprint density at radius 3 is 1.66 bits per heavy atom. The molecule has 15 heteroatoms. The summed E-state index contributed by atoms with van der Waals surface area (Å²) in [6.45, 7) is 2.27. The molecule has 0 saturated carbocycles. The SMILES string of the molecule is CC/C=C\C[C@H](O)/C=C/C=C/C=C\C=C/[C@@H](O)[C@H](O)CCCC(=O)O[C@H](COC(=O)CCCCCCCCCCCCCCCCCCC)COP(=O)(O)OC[C@H](N)C(=O)O. The van der Waals surface area contributed by atoms with Crippen LogP contribution in [0.5, 0.6) is 0 Å². The molecular weight excluding hydrogens is 805 g/mol. The number of hydrogen-bond acceptors (Lipinski definition) is 12. The maximum atomic E-state index is 12.7. The lowest BCUT2D eigenvalue weighted by Crippen LogP contribution is -2.34. The molecular formula is C46H80NO13P. The number of aliphatic hydroxyl groups is 3. The predicted octanol–water partition coefficient (Wildman–Crippen LogP) is 8.86. The van der Waals surface area contributed by atoms with Gasteiger partial charge in [0, 0.05) is 12.8 Å². The minimum absolute atomic E-state index is 0.0455. The number of ether oxygens (including phenoxy) is 2. The monoisotopic (exact) mass is 886 g/mol. The number of nitrogens with two attached hydrogens (primary N) is 1. The van der Waals surface area contributed by atoms with E-state index in [0.29, 0.717) is 12.8 Å². The zero-order valence-corrected chi connectivity index (χ0v) is 38.0. The van der Waals surface area contributed by atoms with E-state index >= 15 is 0 Å². The van der Waals surface area contributed by atoms with Gasteiger partial charge in [0.1, 0.15) is 12.6 Å².